The molecule has 3 heterocycles. The van der Waals surface area contributed by atoms with Crippen LogP contribution in [0.3, 0.4) is 0 Å². The molecule has 2 amide bonds. The monoisotopic (exact) mass is 406 g/mol. The molecule has 154 valence electrons. The maximum atomic E-state index is 12.8. The fourth-order valence-corrected chi connectivity index (χ4v) is 3.76. The first kappa shape index (κ1) is 19.6. The number of hydrogen-bond acceptors (Lipinski definition) is 4. The number of likely N-dealkylation sites (tertiary alicyclic amines) is 1. The van der Waals surface area contributed by atoms with Crippen LogP contribution < -0.4 is 10.9 Å². The van der Waals surface area contributed by atoms with Crippen LogP contribution in [-0.4, -0.2) is 45.1 Å². The number of nitrogens with one attached hydrogen (secondary N) is 2. The highest BCUT2D eigenvalue weighted by Crippen LogP contribution is 2.19. The molecule has 0 atom stereocenters. The third kappa shape index (κ3) is 3.63. The number of nitrogens with zero attached hydrogens (tertiary/aromatic N) is 2. The molecular formula is C22H22N4O4. The van der Waals surface area contributed by atoms with Crippen LogP contribution in [0.4, 0.5) is 5.69 Å². The van der Waals surface area contributed by atoms with Gasteiger partial charge in [-0.25, -0.2) is 0 Å². The molecule has 1 fully saturated rings. The molecule has 0 spiro atoms. The van der Waals surface area contributed by atoms with Gasteiger partial charge in [-0.15, -0.1) is 0 Å². The molecule has 3 aromatic rings. The van der Waals surface area contributed by atoms with Crippen molar-refractivity contribution in [3.63, 3.8) is 0 Å². The number of hydrogen-bond donors (Lipinski definition) is 2. The average molecular weight is 406 g/mol. The second-order valence-corrected chi connectivity index (χ2v) is 7.44. The summed E-state index contributed by atoms with van der Waals surface area (Å²) in [5, 5.41) is 3.02. The van der Waals surface area contributed by atoms with Crippen LogP contribution >= 0.6 is 0 Å². The predicted molar refractivity (Wildman–Crippen MR) is 113 cm³/mol. The lowest BCUT2D eigenvalue weighted by Gasteiger charge is -2.27. The number of carbonyl (C=O) groups excluding carboxylic acids is 3. The maximum absolute atomic E-state index is 12.8. The largest absolute Gasteiger partial charge is 0.360 e. The fourth-order valence-electron chi connectivity index (χ4n) is 3.76. The van der Waals surface area contributed by atoms with E-state index in [1.807, 2.05) is 6.07 Å². The molecule has 30 heavy (non-hydrogen) atoms. The molecule has 1 saturated heterocycles. The van der Waals surface area contributed by atoms with Crippen molar-refractivity contribution in [2.75, 3.05) is 18.4 Å². The number of amides is 2. The molecule has 1 aliphatic heterocycles. The summed E-state index contributed by atoms with van der Waals surface area (Å²) < 4.78 is 1.24. The zero-order valence-corrected chi connectivity index (χ0v) is 16.6. The van der Waals surface area contributed by atoms with Gasteiger partial charge in [0.2, 0.25) is 0 Å². The Morgan fingerprint density at radius 3 is 2.57 bits per heavy atom. The molecule has 2 aromatic heterocycles. The molecule has 0 saturated carbocycles. The number of para-hydroxylation sites is 1. The first-order chi connectivity index (χ1) is 14.5. The Morgan fingerprint density at radius 2 is 1.80 bits per heavy atom. The summed E-state index contributed by atoms with van der Waals surface area (Å²) in [7, 11) is 1.51. The van der Waals surface area contributed by atoms with Crippen molar-refractivity contribution in [3.8, 4) is 0 Å². The quantitative estimate of drug-likeness (QED) is 0.512. The van der Waals surface area contributed by atoms with Gasteiger partial charge < -0.3 is 19.8 Å². The Balaban J connectivity index is 1.59. The van der Waals surface area contributed by atoms with E-state index in [2.05, 4.69) is 10.3 Å². The number of aromatic amines is 1. The zero-order chi connectivity index (χ0) is 21.3. The molecule has 0 radical (unpaired) electrons. The minimum Gasteiger partial charge on any atom is -0.360 e. The number of aromatic nitrogens is 2. The number of ketones is 1. The van der Waals surface area contributed by atoms with Crippen LogP contribution in [0, 0.1) is 0 Å². The SMILES string of the molecule is Cn1cc(C(=O)N2CCCCC2)cc(NC(=O)C(=O)c2c[nH]c3ccccc23)c1=O. The Bertz CT molecular complexity index is 1200. The van der Waals surface area contributed by atoms with Crippen LogP contribution in [0.15, 0.2) is 47.5 Å². The smallest absolute Gasteiger partial charge is 0.296 e. The van der Waals surface area contributed by atoms with E-state index in [0.29, 0.717) is 24.0 Å². The van der Waals surface area contributed by atoms with E-state index in [4.69, 9.17) is 0 Å². The van der Waals surface area contributed by atoms with E-state index in [1.54, 1.807) is 23.1 Å². The standard InChI is InChI=1S/C22H22N4O4/c1-25-13-14(21(29)26-9-5-2-6-10-26)11-18(22(25)30)24-20(28)19(27)16-12-23-17-8-4-3-7-15(16)17/h3-4,7-8,11-13,23H,2,5-6,9-10H2,1H3,(H,24,28). The second-order valence-electron chi connectivity index (χ2n) is 7.44. The summed E-state index contributed by atoms with van der Waals surface area (Å²) in [6.07, 6.45) is 5.91. The summed E-state index contributed by atoms with van der Waals surface area (Å²) in [6, 6.07) is 8.48. The summed E-state index contributed by atoms with van der Waals surface area (Å²) >= 11 is 0. The number of Topliss-reactive ketones (excluding diaryl/α,β-unsaturated/α-hetero) is 1. The van der Waals surface area contributed by atoms with E-state index in [9.17, 15) is 19.2 Å². The van der Waals surface area contributed by atoms with E-state index in [1.165, 1.54) is 30.1 Å². The van der Waals surface area contributed by atoms with Crippen LogP contribution in [0.25, 0.3) is 10.9 Å². The van der Waals surface area contributed by atoms with E-state index < -0.39 is 17.2 Å². The van der Waals surface area contributed by atoms with E-state index in [-0.39, 0.29) is 17.2 Å². The number of fused-ring (bicyclic) bond motifs is 1. The lowest BCUT2D eigenvalue weighted by molar-refractivity contribution is -0.112. The predicted octanol–water partition coefficient (Wildman–Crippen LogP) is 2.31. The minimum absolute atomic E-state index is 0.0986. The summed E-state index contributed by atoms with van der Waals surface area (Å²) in [5.41, 5.74) is 0.664. The van der Waals surface area contributed by atoms with Crippen molar-refractivity contribution in [1.82, 2.24) is 14.5 Å². The molecule has 0 bridgehead atoms. The maximum Gasteiger partial charge on any atom is 0.296 e. The van der Waals surface area contributed by atoms with Gasteiger partial charge in [-0.05, 0) is 31.4 Å². The van der Waals surface area contributed by atoms with E-state index >= 15 is 0 Å². The van der Waals surface area contributed by atoms with Crippen LogP contribution in [0.1, 0.15) is 40.0 Å². The molecule has 0 aliphatic carbocycles. The second kappa shape index (κ2) is 7.98. The number of anilines is 1. The molecule has 8 nitrogen and oxygen atoms in total. The van der Waals surface area contributed by atoms with Gasteiger partial charge in [-0.3, -0.25) is 19.2 Å². The summed E-state index contributed by atoms with van der Waals surface area (Å²) in [6.45, 7) is 1.34. The average Bonchev–Trinajstić information content (AvgIpc) is 3.20. The minimum atomic E-state index is -0.931. The van der Waals surface area contributed by atoms with Crippen LogP contribution in [0.2, 0.25) is 0 Å². The van der Waals surface area contributed by atoms with Gasteiger partial charge in [-0.1, -0.05) is 18.2 Å². The summed E-state index contributed by atoms with van der Waals surface area (Å²) in [5.74, 6) is -1.88. The van der Waals surface area contributed by atoms with Gasteiger partial charge >= 0.3 is 0 Å². The topological polar surface area (TPSA) is 104 Å². The van der Waals surface area contributed by atoms with Crippen molar-refractivity contribution in [3.05, 3.63) is 64.2 Å². The molecule has 8 heteroatoms. The first-order valence-corrected chi connectivity index (χ1v) is 9.87. The number of H-pyrrole nitrogens is 1. The van der Waals surface area contributed by atoms with Gasteiger partial charge in [0.25, 0.3) is 23.2 Å². The van der Waals surface area contributed by atoms with Gasteiger partial charge in [0, 0.05) is 43.4 Å². The van der Waals surface area contributed by atoms with Gasteiger partial charge in [0.1, 0.15) is 5.69 Å². The van der Waals surface area contributed by atoms with Gasteiger partial charge in [0.05, 0.1) is 11.1 Å². The zero-order valence-electron chi connectivity index (χ0n) is 16.6. The Labute approximate surface area is 172 Å². The van der Waals surface area contributed by atoms with Gasteiger partial charge in [0.15, 0.2) is 0 Å². The first-order valence-electron chi connectivity index (χ1n) is 9.87. The molecule has 2 N–H and O–H groups in total. The normalized spacial score (nSPS) is 14.0. The molecule has 0 unspecified atom stereocenters. The number of pyridine rings is 1. The Morgan fingerprint density at radius 1 is 1.07 bits per heavy atom. The van der Waals surface area contributed by atoms with Gasteiger partial charge in [-0.2, -0.15) is 0 Å². The van der Waals surface area contributed by atoms with E-state index in [0.717, 1.165) is 24.8 Å². The van der Waals surface area contributed by atoms with Crippen molar-refractivity contribution < 1.29 is 14.4 Å². The molecular weight excluding hydrogens is 384 g/mol. The summed E-state index contributed by atoms with van der Waals surface area (Å²) in [4.78, 5) is 55.2. The number of rotatable bonds is 4. The number of piperidine rings is 1. The molecule has 4 rings (SSSR count). The highest BCUT2D eigenvalue weighted by Gasteiger charge is 2.23. The Hall–Kier alpha value is -3.68. The number of carbonyl (C=O) groups is 3. The number of benzene rings is 1. The van der Waals surface area contributed by atoms with Crippen LogP contribution in [-0.2, 0) is 11.8 Å². The van der Waals surface area contributed by atoms with Crippen molar-refractivity contribution in [2.45, 2.75) is 19.3 Å². The van der Waals surface area contributed by atoms with Crippen LogP contribution in [0.5, 0.6) is 0 Å². The highest BCUT2D eigenvalue weighted by molar-refractivity contribution is 6.48. The van der Waals surface area contributed by atoms with Crippen molar-refractivity contribution in [2.24, 2.45) is 7.05 Å². The number of aryl methyl sites for hydroxylation is 1. The third-order valence-corrected chi connectivity index (χ3v) is 5.36. The highest BCUT2D eigenvalue weighted by atomic mass is 16.2. The lowest BCUT2D eigenvalue weighted by atomic mass is 10.1. The van der Waals surface area contributed by atoms with Crippen molar-refractivity contribution in [1.29, 1.82) is 0 Å². The Kier molecular flexibility index (Phi) is 5.22. The lowest BCUT2D eigenvalue weighted by Crippen LogP contribution is -2.36. The van der Waals surface area contributed by atoms with Crippen molar-refractivity contribution >= 4 is 34.2 Å². The molecule has 1 aliphatic rings. The fraction of sp³-hybridized carbons (Fsp3) is 0.273. The molecule has 1 aromatic carbocycles. The third-order valence-electron chi connectivity index (χ3n) is 5.36.